The van der Waals surface area contributed by atoms with E-state index in [0.29, 0.717) is 5.56 Å². The van der Waals surface area contributed by atoms with Gasteiger partial charge in [-0.25, -0.2) is 0 Å². The second kappa shape index (κ2) is 7.76. The van der Waals surface area contributed by atoms with Gasteiger partial charge in [-0.15, -0.1) is 0 Å². The molecule has 5 nitrogen and oxygen atoms in total. The van der Waals surface area contributed by atoms with E-state index in [2.05, 4.69) is 40.4 Å². The van der Waals surface area contributed by atoms with Crippen LogP contribution in [0.5, 0.6) is 0 Å². The zero-order valence-electron chi connectivity index (χ0n) is 15.6. The fourth-order valence-electron chi connectivity index (χ4n) is 3.63. The zero-order chi connectivity index (χ0) is 18.6. The summed E-state index contributed by atoms with van der Waals surface area (Å²) in [5.74, 6) is -0.138. The Balaban J connectivity index is 1.69. The first-order valence-electron chi connectivity index (χ1n) is 9.43. The molecule has 3 heterocycles. The van der Waals surface area contributed by atoms with Crippen LogP contribution in [-0.2, 0) is 6.54 Å². The molecule has 5 heteroatoms. The molecular weight excluding hydrogens is 336 g/mol. The molecule has 4 rings (SSSR count). The molecule has 1 amide bonds. The van der Waals surface area contributed by atoms with Crippen molar-refractivity contribution in [3.63, 3.8) is 0 Å². The van der Waals surface area contributed by atoms with Gasteiger partial charge in [0.2, 0.25) is 0 Å². The van der Waals surface area contributed by atoms with Gasteiger partial charge in [0.15, 0.2) is 0 Å². The van der Waals surface area contributed by atoms with Crippen molar-refractivity contribution in [1.82, 2.24) is 14.6 Å². The van der Waals surface area contributed by atoms with Crippen molar-refractivity contribution in [2.24, 2.45) is 0 Å². The topological polar surface area (TPSA) is 50.2 Å². The minimum Gasteiger partial charge on any atom is -0.299 e. The standard InChI is InChI=1S/C22H24N4O/c1-17-20(16-25-13-5-6-14-25)15-21(18-7-3-2-4-8-18)26(17)24-22(27)19-9-11-23-12-10-19/h2-4,7-12,15H,5-6,13-14,16H2,1H3,(H,24,27). The number of hydrogen-bond donors (Lipinski definition) is 1. The lowest BCUT2D eigenvalue weighted by molar-refractivity contribution is 0.101. The third-order valence-electron chi connectivity index (χ3n) is 5.17. The molecule has 0 radical (unpaired) electrons. The fourth-order valence-corrected chi connectivity index (χ4v) is 3.63. The third kappa shape index (κ3) is 3.78. The number of rotatable bonds is 5. The first-order valence-corrected chi connectivity index (χ1v) is 9.43. The number of aromatic nitrogens is 2. The van der Waals surface area contributed by atoms with Crippen molar-refractivity contribution >= 4 is 5.91 Å². The van der Waals surface area contributed by atoms with E-state index in [4.69, 9.17) is 0 Å². The van der Waals surface area contributed by atoms with Crippen LogP contribution in [0.25, 0.3) is 11.3 Å². The van der Waals surface area contributed by atoms with Crippen molar-refractivity contribution in [2.45, 2.75) is 26.3 Å². The van der Waals surface area contributed by atoms with E-state index in [1.807, 2.05) is 22.9 Å². The number of hydrogen-bond acceptors (Lipinski definition) is 3. The highest BCUT2D eigenvalue weighted by Crippen LogP contribution is 2.26. The Kier molecular flexibility index (Phi) is 5.03. The van der Waals surface area contributed by atoms with Crippen molar-refractivity contribution in [3.8, 4) is 11.3 Å². The Bertz CT molecular complexity index is 912. The van der Waals surface area contributed by atoms with Crippen LogP contribution in [0.3, 0.4) is 0 Å². The average molecular weight is 360 g/mol. The summed E-state index contributed by atoms with van der Waals surface area (Å²) in [4.78, 5) is 19.2. The minimum atomic E-state index is -0.138. The SMILES string of the molecule is Cc1c(CN2CCCC2)cc(-c2ccccc2)n1NC(=O)c1ccncc1. The highest BCUT2D eigenvalue weighted by atomic mass is 16.2. The number of benzene rings is 1. The van der Waals surface area contributed by atoms with Gasteiger partial charge in [-0.2, -0.15) is 0 Å². The van der Waals surface area contributed by atoms with Crippen LogP contribution in [0, 0.1) is 6.92 Å². The lowest BCUT2D eigenvalue weighted by atomic mass is 10.1. The molecule has 27 heavy (non-hydrogen) atoms. The Morgan fingerprint density at radius 2 is 1.78 bits per heavy atom. The van der Waals surface area contributed by atoms with E-state index >= 15 is 0 Å². The van der Waals surface area contributed by atoms with Crippen LogP contribution in [0.2, 0.25) is 0 Å². The average Bonchev–Trinajstić information content (AvgIpc) is 3.33. The maximum absolute atomic E-state index is 12.7. The molecule has 0 unspecified atom stereocenters. The van der Waals surface area contributed by atoms with Crippen LogP contribution >= 0.6 is 0 Å². The Morgan fingerprint density at radius 3 is 2.48 bits per heavy atom. The van der Waals surface area contributed by atoms with Gasteiger partial charge in [0.05, 0.1) is 5.69 Å². The predicted molar refractivity (Wildman–Crippen MR) is 107 cm³/mol. The van der Waals surface area contributed by atoms with Crippen LogP contribution in [0.4, 0.5) is 0 Å². The molecule has 3 aromatic rings. The van der Waals surface area contributed by atoms with Crippen molar-refractivity contribution in [1.29, 1.82) is 0 Å². The monoisotopic (exact) mass is 360 g/mol. The van der Waals surface area contributed by atoms with Crippen molar-refractivity contribution < 1.29 is 4.79 Å². The summed E-state index contributed by atoms with van der Waals surface area (Å²) in [6.45, 7) is 5.29. The second-order valence-corrected chi connectivity index (χ2v) is 7.00. The summed E-state index contributed by atoms with van der Waals surface area (Å²) in [5.41, 5.74) is 8.08. The quantitative estimate of drug-likeness (QED) is 0.752. The van der Waals surface area contributed by atoms with Crippen LogP contribution in [-0.4, -0.2) is 33.6 Å². The van der Waals surface area contributed by atoms with E-state index < -0.39 is 0 Å². The number of nitrogens with zero attached hydrogens (tertiary/aromatic N) is 3. The Labute approximate surface area is 159 Å². The molecular formula is C22H24N4O. The van der Waals surface area contributed by atoms with E-state index in [0.717, 1.165) is 36.6 Å². The highest BCUT2D eigenvalue weighted by molar-refractivity contribution is 6.00. The molecule has 0 atom stereocenters. The lowest BCUT2D eigenvalue weighted by Gasteiger charge is -2.16. The number of carbonyl (C=O) groups is 1. The van der Waals surface area contributed by atoms with E-state index in [9.17, 15) is 4.79 Å². The van der Waals surface area contributed by atoms with Gasteiger partial charge in [-0.1, -0.05) is 30.3 Å². The third-order valence-corrected chi connectivity index (χ3v) is 5.17. The first kappa shape index (κ1) is 17.5. The summed E-state index contributed by atoms with van der Waals surface area (Å²) in [6, 6.07) is 15.8. The Hall–Kier alpha value is -2.92. The van der Waals surface area contributed by atoms with E-state index in [-0.39, 0.29) is 5.91 Å². The summed E-state index contributed by atoms with van der Waals surface area (Å²) in [6.07, 6.45) is 5.80. The highest BCUT2D eigenvalue weighted by Gasteiger charge is 2.19. The van der Waals surface area contributed by atoms with Crippen molar-refractivity contribution in [3.05, 3.63) is 77.7 Å². The van der Waals surface area contributed by atoms with Gasteiger partial charge in [-0.05, 0) is 56.6 Å². The second-order valence-electron chi connectivity index (χ2n) is 7.00. The van der Waals surface area contributed by atoms with Gasteiger partial charge in [0.1, 0.15) is 0 Å². The smallest absolute Gasteiger partial charge is 0.270 e. The molecule has 0 saturated carbocycles. The zero-order valence-corrected chi connectivity index (χ0v) is 15.6. The normalized spacial score (nSPS) is 14.4. The molecule has 1 aliphatic heterocycles. The molecule has 0 aliphatic carbocycles. The van der Waals surface area contributed by atoms with Gasteiger partial charge < -0.3 is 0 Å². The first-order chi connectivity index (χ1) is 13.2. The number of pyridine rings is 1. The summed E-state index contributed by atoms with van der Waals surface area (Å²) < 4.78 is 1.92. The molecule has 1 aromatic carbocycles. The molecule has 2 aromatic heterocycles. The van der Waals surface area contributed by atoms with E-state index in [1.165, 1.54) is 18.4 Å². The van der Waals surface area contributed by atoms with Crippen molar-refractivity contribution in [2.75, 3.05) is 18.5 Å². The van der Waals surface area contributed by atoms with Crippen LogP contribution in [0.1, 0.15) is 34.5 Å². The molecule has 1 aliphatic rings. The van der Waals surface area contributed by atoms with Gasteiger partial charge >= 0.3 is 0 Å². The maximum atomic E-state index is 12.7. The number of carbonyl (C=O) groups excluding carboxylic acids is 1. The maximum Gasteiger partial charge on any atom is 0.270 e. The molecule has 1 fully saturated rings. The molecule has 1 saturated heterocycles. The lowest BCUT2D eigenvalue weighted by Crippen LogP contribution is -2.25. The number of amides is 1. The largest absolute Gasteiger partial charge is 0.299 e. The van der Waals surface area contributed by atoms with Gasteiger partial charge in [0.25, 0.3) is 5.91 Å². The summed E-state index contributed by atoms with van der Waals surface area (Å²) >= 11 is 0. The fraction of sp³-hybridized carbons (Fsp3) is 0.273. The van der Waals surface area contributed by atoms with Gasteiger partial charge in [0, 0.05) is 35.8 Å². The van der Waals surface area contributed by atoms with Crippen LogP contribution in [0.15, 0.2) is 60.9 Å². The van der Waals surface area contributed by atoms with E-state index in [1.54, 1.807) is 24.5 Å². The predicted octanol–water partition coefficient (Wildman–Crippen LogP) is 3.84. The number of nitrogens with one attached hydrogen (secondary N) is 1. The van der Waals surface area contributed by atoms with Crippen LogP contribution < -0.4 is 5.43 Å². The van der Waals surface area contributed by atoms with Gasteiger partial charge in [-0.3, -0.25) is 24.8 Å². The number of likely N-dealkylation sites (tertiary alicyclic amines) is 1. The molecule has 138 valence electrons. The molecule has 0 spiro atoms. The molecule has 0 bridgehead atoms. The summed E-state index contributed by atoms with van der Waals surface area (Å²) in [5, 5.41) is 0. The molecule has 1 N–H and O–H groups in total. The summed E-state index contributed by atoms with van der Waals surface area (Å²) in [7, 11) is 0. The Morgan fingerprint density at radius 1 is 1.07 bits per heavy atom. The minimum absolute atomic E-state index is 0.138.